The Morgan fingerprint density at radius 2 is 1.79 bits per heavy atom. The highest BCUT2D eigenvalue weighted by Crippen LogP contribution is 2.43. The van der Waals surface area contributed by atoms with E-state index in [1.54, 1.807) is 22.5 Å². The number of anilines is 1. The van der Waals surface area contributed by atoms with E-state index < -0.39 is 0 Å². The van der Waals surface area contributed by atoms with E-state index in [9.17, 15) is 9.90 Å². The van der Waals surface area contributed by atoms with Crippen LogP contribution in [0, 0.1) is 0 Å². The average Bonchev–Trinajstić information content (AvgIpc) is 2.44. The van der Waals surface area contributed by atoms with Crippen molar-refractivity contribution in [1.82, 2.24) is 0 Å². The van der Waals surface area contributed by atoms with Gasteiger partial charge in [0.05, 0.1) is 11.6 Å². The molecule has 96 valence electrons. The van der Waals surface area contributed by atoms with E-state index in [1.165, 1.54) is 11.9 Å². The lowest BCUT2D eigenvalue weighted by molar-refractivity contribution is -0.118. The quantitative estimate of drug-likeness (QED) is 0.806. The van der Waals surface area contributed by atoms with Gasteiger partial charge in [-0.05, 0) is 42.6 Å². The molecule has 0 aromatic heterocycles. The third-order valence-electron chi connectivity index (χ3n) is 3.25. The lowest BCUT2D eigenvalue weighted by Gasteiger charge is -2.31. The van der Waals surface area contributed by atoms with E-state index in [1.807, 2.05) is 37.3 Å². The summed E-state index contributed by atoms with van der Waals surface area (Å²) in [6, 6.07) is 14.8. The third-order valence-corrected chi connectivity index (χ3v) is 4.37. The van der Waals surface area contributed by atoms with Crippen LogP contribution in [-0.2, 0) is 4.79 Å². The number of aromatic hydroxyl groups is 1. The molecule has 4 heteroatoms. The standard InChI is InChI=1S/C15H13NO2S/c1-10-11-6-2-5-9-14(11)19-16(15(10)18)12-7-3-4-8-13(12)17/h2-10,17H,1H3. The fraction of sp³-hybridized carbons (Fsp3) is 0.133. The second-order valence-electron chi connectivity index (χ2n) is 4.47. The van der Waals surface area contributed by atoms with Crippen LogP contribution in [-0.4, -0.2) is 11.0 Å². The maximum Gasteiger partial charge on any atom is 0.244 e. The molecule has 0 saturated heterocycles. The number of hydrogen-bond donors (Lipinski definition) is 1. The summed E-state index contributed by atoms with van der Waals surface area (Å²) < 4.78 is 1.57. The molecule has 0 aliphatic carbocycles. The van der Waals surface area contributed by atoms with Crippen LogP contribution in [0.15, 0.2) is 53.4 Å². The van der Waals surface area contributed by atoms with Gasteiger partial charge in [0.25, 0.3) is 0 Å². The number of carbonyl (C=O) groups excluding carboxylic acids is 1. The molecule has 1 amide bonds. The lowest BCUT2D eigenvalue weighted by atomic mass is 10.00. The lowest BCUT2D eigenvalue weighted by Crippen LogP contribution is -2.32. The monoisotopic (exact) mass is 271 g/mol. The van der Waals surface area contributed by atoms with Gasteiger partial charge in [0.2, 0.25) is 5.91 Å². The summed E-state index contributed by atoms with van der Waals surface area (Å²) in [5, 5.41) is 9.91. The first kappa shape index (κ1) is 12.1. The molecule has 0 bridgehead atoms. The molecule has 1 heterocycles. The zero-order valence-electron chi connectivity index (χ0n) is 10.4. The Kier molecular flexibility index (Phi) is 2.95. The number of carbonyl (C=O) groups is 1. The molecule has 1 N–H and O–H groups in total. The van der Waals surface area contributed by atoms with Crippen molar-refractivity contribution in [3.63, 3.8) is 0 Å². The van der Waals surface area contributed by atoms with Crippen molar-refractivity contribution in [2.24, 2.45) is 0 Å². The van der Waals surface area contributed by atoms with Crippen LogP contribution in [0.25, 0.3) is 0 Å². The van der Waals surface area contributed by atoms with Crippen LogP contribution in [0.5, 0.6) is 5.75 Å². The van der Waals surface area contributed by atoms with Crippen molar-refractivity contribution in [1.29, 1.82) is 0 Å². The number of nitrogens with zero attached hydrogens (tertiary/aromatic N) is 1. The molecule has 2 aromatic rings. The van der Waals surface area contributed by atoms with E-state index in [0.717, 1.165) is 10.5 Å². The van der Waals surface area contributed by atoms with Crippen LogP contribution in [0.2, 0.25) is 0 Å². The molecule has 3 nitrogen and oxygen atoms in total. The minimum atomic E-state index is -0.197. The Morgan fingerprint density at radius 1 is 1.11 bits per heavy atom. The number of hydrogen-bond acceptors (Lipinski definition) is 3. The Bertz CT molecular complexity index is 642. The number of fused-ring (bicyclic) bond motifs is 1. The van der Waals surface area contributed by atoms with Crippen molar-refractivity contribution >= 4 is 23.5 Å². The summed E-state index contributed by atoms with van der Waals surface area (Å²) >= 11 is 1.36. The van der Waals surface area contributed by atoms with E-state index in [4.69, 9.17) is 0 Å². The van der Waals surface area contributed by atoms with E-state index >= 15 is 0 Å². The summed E-state index contributed by atoms with van der Waals surface area (Å²) in [6.07, 6.45) is 0. The summed E-state index contributed by atoms with van der Waals surface area (Å²) in [5.74, 6) is -0.0859. The minimum Gasteiger partial charge on any atom is -0.506 e. The molecule has 0 spiro atoms. The van der Waals surface area contributed by atoms with E-state index in [-0.39, 0.29) is 17.6 Å². The van der Waals surface area contributed by atoms with Crippen molar-refractivity contribution in [2.45, 2.75) is 17.7 Å². The van der Waals surface area contributed by atoms with Crippen LogP contribution < -0.4 is 4.31 Å². The maximum atomic E-state index is 12.4. The van der Waals surface area contributed by atoms with Crippen molar-refractivity contribution in [3.8, 4) is 5.75 Å². The Morgan fingerprint density at radius 3 is 2.58 bits per heavy atom. The van der Waals surface area contributed by atoms with Gasteiger partial charge in [-0.2, -0.15) is 0 Å². The average molecular weight is 271 g/mol. The second kappa shape index (κ2) is 4.63. The summed E-state index contributed by atoms with van der Waals surface area (Å²) in [5.41, 5.74) is 1.59. The fourth-order valence-electron chi connectivity index (χ4n) is 2.18. The number of amides is 1. The third kappa shape index (κ3) is 1.98. The molecule has 0 radical (unpaired) electrons. The number of rotatable bonds is 1. The van der Waals surface area contributed by atoms with Crippen molar-refractivity contribution < 1.29 is 9.90 Å². The highest BCUT2D eigenvalue weighted by Gasteiger charge is 2.32. The largest absolute Gasteiger partial charge is 0.506 e. The molecular formula is C15H13NO2S. The molecule has 3 rings (SSSR count). The van der Waals surface area contributed by atoms with E-state index in [0.29, 0.717) is 5.69 Å². The van der Waals surface area contributed by atoms with Gasteiger partial charge in [-0.15, -0.1) is 0 Å². The Hall–Kier alpha value is -1.94. The smallest absolute Gasteiger partial charge is 0.244 e. The topological polar surface area (TPSA) is 40.5 Å². The van der Waals surface area contributed by atoms with Crippen LogP contribution in [0.1, 0.15) is 18.4 Å². The van der Waals surface area contributed by atoms with E-state index in [2.05, 4.69) is 0 Å². The maximum absolute atomic E-state index is 12.4. The van der Waals surface area contributed by atoms with Gasteiger partial charge in [0, 0.05) is 4.90 Å². The fourth-order valence-corrected chi connectivity index (χ4v) is 3.36. The first-order valence-corrected chi connectivity index (χ1v) is 6.84. The number of para-hydroxylation sites is 2. The van der Waals surface area contributed by atoms with Gasteiger partial charge < -0.3 is 5.11 Å². The first-order valence-electron chi connectivity index (χ1n) is 6.07. The zero-order chi connectivity index (χ0) is 13.4. The predicted octanol–water partition coefficient (Wildman–Crippen LogP) is 3.55. The molecule has 0 fully saturated rings. The molecule has 1 aliphatic heterocycles. The van der Waals surface area contributed by atoms with Gasteiger partial charge in [0.15, 0.2) is 0 Å². The Labute approximate surface area is 116 Å². The molecular weight excluding hydrogens is 258 g/mol. The normalized spacial score (nSPS) is 18.3. The first-order chi connectivity index (χ1) is 9.18. The summed E-state index contributed by atoms with van der Waals surface area (Å²) in [7, 11) is 0. The molecule has 0 saturated carbocycles. The molecule has 2 aromatic carbocycles. The van der Waals surface area contributed by atoms with Crippen LogP contribution in [0.4, 0.5) is 5.69 Å². The van der Waals surface area contributed by atoms with Crippen molar-refractivity contribution in [3.05, 3.63) is 54.1 Å². The number of benzene rings is 2. The number of phenolic OH excluding ortho intramolecular Hbond substituents is 1. The predicted molar refractivity (Wildman–Crippen MR) is 76.3 cm³/mol. The second-order valence-corrected chi connectivity index (χ2v) is 5.46. The SMILES string of the molecule is CC1C(=O)N(c2ccccc2O)Sc2ccccc21. The molecule has 1 aliphatic rings. The molecule has 1 atom stereocenters. The van der Waals surface area contributed by atoms with Gasteiger partial charge >= 0.3 is 0 Å². The summed E-state index contributed by atoms with van der Waals surface area (Å²) in [6.45, 7) is 1.90. The minimum absolute atomic E-state index is 0.00907. The van der Waals surface area contributed by atoms with Gasteiger partial charge in [0.1, 0.15) is 5.75 Å². The summed E-state index contributed by atoms with van der Waals surface area (Å²) in [4.78, 5) is 13.5. The molecule has 1 unspecified atom stereocenters. The van der Waals surface area contributed by atoms with Crippen LogP contribution >= 0.6 is 11.9 Å². The highest BCUT2D eigenvalue weighted by molar-refractivity contribution is 8.01. The molecule has 19 heavy (non-hydrogen) atoms. The Balaban J connectivity index is 2.07. The highest BCUT2D eigenvalue weighted by atomic mass is 32.2. The number of phenols is 1. The van der Waals surface area contributed by atoms with Gasteiger partial charge in [-0.25, -0.2) is 4.31 Å². The van der Waals surface area contributed by atoms with Crippen molar-refractivity contribution in [2.75, 3.05) is 4.31 Å². The van der Waals surface area contributed by atoms with Crippen LogP contribution in [0.3, 0.4) is 0 Å². The van der Waals surface area contributed by atoms with Gasteiger partial charge in [-0.1, -0.05) is 30.3 Å². The zero-order valence-corrected chi connectivity index (χ0v) is 11.2. The van der Waals surface area contributed by atoms with Gasteiger partial charge in [-0.3, -0.25) is 4.79 Å².